The molecule has 0 fully saturated rings. The van der Waals surface area contributed by atoms with Gasteiger partial charge < -0.3 is 10.1 Å². The predicted octanol–water partition coefficient (Wildman–Crippen LogP) is 1.66. The number of hydrogen-bond acceptors (Lipinski definition) is 4. The Hall–Kier alpha value is -2.37. The number of nitrogens with zero attached hydrogens (tertiary/aromatic N) is 1. The minimum absolute atomic E-state index is 0.0729. The van der Waals surface area contributed by atoms with E-state index in [0.29, 0.717) is 6.54 Å². The Kier molecular flexibility index (Phi) is 4.86. The van der Waals surface area contributed by atoms with Gasteiger partial charge in [-0.2, -0.15) is 0 Å². The van der Waals surface area contributed by atoms with Crippen LogP contribution in [0.5, 0.6) is 5.75 Å². The van der Waals surface area contributed by atoms with Crippen LogP contribution >= 0.6 is 0 Å². The van der Waals surface area contributed by atoms with E-state index < -0.39 is 11.0 Å². The number of nitro benzene ring substituents is 1. The molecule has 0 saturated carbocycles. The lowest BCUT2D eigenvalue weighted by atomic mass is 10.3. The van der Waals surface area contributed by atoms with Crippen molar-refractivity contribution in [3.05, 3.63) is 47.0 Å². The number of benzene rings is 1. The standard InChI is InChI=1S/C12H14N2O4/c1-3-8-13-12(15)9(2)18-11-7-5-4-6-10(11)14(16)17/h3-7,9H,1,8H2,2H3,(H,13,15)/t9-/m1/s1. The number of amides is 1. The molecular formula is C12H14N2O4. The van der Waals surface area contributed by atoms with E-state index in [9.17, 15) is 14.9 Å². The number of hydrogen-bond donors (Lipinski definition) is 1. The Morgan fingerprint density at radius 2 is 2.28 bits per heavy atom. The first kappa shape index (κ1) is 13.7. The zero-order chi connectivity index (χ0) is 13.5. The van der Waals surface area contributed by atoms with E-state index in [-0.39, 0.29) is 17.3 Å². The molecule has 96 valence electrons. The first-order chi connectivity index (χ1) is 8.56. The van der Waals surface area contributed by atoms with E-state index in [1.54, 1.807) is 6.07 Å². The summed E-state index contributed by atoms with van der Waals surface area (Å²) in [5.41, 5.74) is -0.166. The van der Waals surface area contributed by atoms with Gasteiger partial charge in [0.15, 0.2) is 11.9 Å². The fourth-order valence-electron chi connectivity index (χ4n) is 1.27. The molecule has 18 heavy (non-hydrogen) atoms. The highest BCUT2D eigenvalue weighted by atomic mass is 16.6. The number of rotatable bonds is 6. The van der Waals surface area contributed by atoms with Crippen molar-refractivity contribution in [2.24, 2.45) is 0 Å². The Bertz CT molecular complexity index is 459. The molecule has 0 unspecified atom stereocenters. The maximum atomic E-state index is 11.5. The molecule has 0 aliphatic rings. The van der Waals surface area contributed by atoms with Gasteiger partial charge in [0.25, 0.3) is 5.91 Å². The lowest BCUT2D eigenvalue weighted by molar-refractivity contribution is -0.386. The van der Waals surface area contributed by atoms with Gasteiger partial charge in [-0.15, -0.1) is 6.58 Å². The molecule has 0 heterocycles. The van der Waals surface area contributed by atoms with Crippen molar-refractivity contribution in [2.75, 3.05) is 6.54 Å². The van der Waals surface area contributed by atoms with Gasteiger partial charge in [-0.05, 0) is 13.0 Å². The smallest absolute Gasteiger partial charge is 0.310 e. The van der Waals surface area contributed by atoms with Crippen LogP contribution in [0.15, 0.2) is 36.9 Å². The van der Waals surface area contributed by atoms with Crippen LogP contribution in [-0.4, -0.2) is 23.5 Å². The molecule has 1 N–H and O–H groups in total. The highest BCUT2D eigenvalue weighted by molar-refractivity contribution is 5.80. The molecule has 1 aromatic rings. The first-order valence-corrected chi connectivity index (χ1v) is 5.35. The normalized spacial score (nSPS) is 11.4. The molecule has 1 atom stereocenters. The van der Waals surface area contributed by atoms with Gasteiger partial charge in [-0.3, -0.25) is 14.9 Å². The number of nitro groups is 1. The molecule has 6 nitrogen and oxygen atoms in total. The van der Waals surface area contributed by atoms with Crippen molar-refractivity contribution in [1.82, 2.24) is 5.32 Å². The second kappa shape index (κ2) is 6.39. The maximum Gasteiger partial charge on any atom is 0.310 e. The minimum atomic E-state index is -0.814. The highest BCUT2D eigenvalue weighted by Crippen LogP contribution is 2.26. The maximum absolute atomic E-state index is 11.5. The van der Waals surface area contributed by atoms with Crippen LogP contribution < -0.4 is 10.1 Å². The van der Waals surface area contributed by atoms with E-state index in [1.165, 1.54) is 31.2 Å². The van der Waals surface area contributed by atoms with Gasteiger partial charge in [0, 0.05) is 12.6 Å². The van der Waals surface area contributed by atoms with Gasteiger partial charge in [-0.1, -0.05) is 18.2 Å². The SMILES string of the molecule is C=CCNC(=O)[C@@H](C)Oc1ccccc1[N+](=O)[O-]. The van der Waals surface area contributed by atoms with Crippen molar-refractivity contribution in [1.29, 1.82) is 0 Å². The molecule has 6 heteroatoms. The van der Waals surface area contributed by atoms with E-state index >= 15 is 0 Å². The molecule has 1 amide bonds. The van der Waals surface area contributed by atoms with Crippen LogP contribution in [-0.2, 0) is 4.79 Å². The molecule has 0 aliphatic heterocycles. The first-order valence-electron chi connectivity index (χ1n) is 5.35. The number of carbonyl (C=O) groups is 1. The van der Waals surface area contributed by atoms with Crippen LogP contribution in [0, 0.1) is 10.1 Å². The predicted molar refractivity (Wildman–Crippen MR) is 66.4 cm³/mol. The summed E-state index contributed by atoms with van der Waals surface area (Å²) in [6.07, 6.45) is 0.723. The largest absolute Gasteiger partial charge is 0.474 e. The van der Waals surface area contributed by atoms with Crippen molar-refractivity contribution in [2.45, 2.75) is 13.0 Å². The molecule has 1 rings (SSSR count). The molecule has 0 saturated heterocycles. The van der Waals surface area contributed by atoms with Crippen LogP contribution in [0.25, 0.3) is 0 Å². The molecule has 0 radical (unpaired) electrons. The summed E-state index contributed by atoms with van der Waals surface area (Å²) in [4.78, 5) is 21.7. The van der Waals surface area contributed by atoms with Crippen LogP contribution in [0.3, 0.4) is 0 Å². The van der Waals surface area contributed by atoms with E-state index in [1.807, 2.05) is 0 Å². The van der Waals surface area contributed by atoms with Gasteiger partial charge >= 0.3 is 5.69 Å². The third kappa shape index (κ3) is 3.58. The fraction of sp³-hybridized carbons (Fsp3) is 0.250. The monoisotopic (exact) mass is 250 g/mol. The molecule has 0 bridgehead atoms. The summed E-state index contributed by atoms with van der Waals surface area (Å²) in [6, 6.07) is 5.92. The number of nitrogens with one attached hydrogen (secondary N) is 1. The molecule has 1 aromatic carbocycles. The average molecular weight is 250 g/mol. The van der Waals surface area contributed by atoms with Crippen molar-refractivity contribution in [3.63, 3.8) is 0 Å². The van der Waals surface area contributed by atoms with Gasteiger partial charge in [0.1, 0.15) is 0 Å². The second-order valence-corrected chi connectivity index (χ2v) is 3.52. The molecular weight excluding hydrogens is 236 g/mol. The zero-order valence-corrected chi connectivity index (χ0v) is 9.96. The van der Waals surface area contributed by atoms with Crippen molar-refractivity contribution in [3.8, 4) is 5.75 Å². The minimum Gasteiger partial charge on any atom is -0.474 e. The number of carbonyl (C=O) groups excluding carboxylic acids is 1. The van der Waals surface area contributed by atoms with E-state index in [0.717, 1.165) is 0 Å². The summed E-state index contributed by atoms with van der Waals surface area (Å²) >= 11 is 0. The Labute approximate surface area is 104 Å². The summed E-state index contributed by atoms with van der Waals surface area (Å²) in [6.45, 7) is 5.31. The highest BCUT2D eigenvalue weighted by Gasteiger charge is 2.19. The Balaban J connectivity index is 2.75. The van der Waals surface area contributed by atoms with E-state index in [4.69, 9.17) is 4.74 Å². The van der Waals surface area contributed by atoms with Crippen molar-refractivity contribution >= 4 is 11.6 Å². The van der Waals surface area contributed by atoms with Gasteiger partial charge in [0.05, 0.1) is 4.92 Å². The Morgan fingerprint density at radius 3 is 2.89 bits per heavy atom. The Morgan fingerprint density at radius 1 is 1.61 bits per heavy atom. The summed E-state index contributed by atoms with van der Waals surface area (Å²) < 4.78 is 5.28. The van der Waals surface area contributed by atoms with Crippen LogP contribution in [0.2, 0.25) is 0 Å². The summed E-state index contributed by atoms with van der Waals surface area (Å²) in [5.74, 6) is -0.281. The third-order valence-corrected chi connectivity index (χ3v) is 2.16. The van der Waals surface area contributed by atoms with Crippen molar-refractivity contribution < 1.29 is 14.5 Å². The average Bonchev–Trinajstić information content (AvgIpc) is 2.36. The van der Waals surface area contributed by atoms with Gasteiger partial charge in [0.2, 0.25) is 0 Å². The number of ether oxygens (including phenoxy) is 1. The second-order valence-electron chi connectivity index (χ2n) is 3.52. The zero-order valence-electron chi connectivity index (χ0n) is 9.96. The topological polar surface area (TPSA) is 81.5 Å². The lowest BCUT2D eigenvalue weighted by Crippen LogP contribution is -2.36. The lowest BCUT2D eigenvalue weighted by Gasteiger charge is -2.13. The van der Waals surface area contributed by atoms with Gasteiger partial charge in [-0.25, -0.2) is 0 Å². The quantitative estimate of drug-likeness (QED) is 0.473. The van der Waals surface area contributed by atoms with E-state index in [2.05, 4.69) is 11.9 Å². The molecule has 0 aliphatic carbocycles. The summed E-state index contributed by atoms with van der Waals surface area (Å²) in [5, 5.41) is 13.3. The third-order valence-electron chi connectivity index (χ3n) is 2.16. The van der Waals surface area contributed by atoms with Crippen LogP contribution in [0.1, 0.15) is 6.92 Å². The van der Waals surface area contributed by atoms with Crippen LogP contribution in [0.4, 0.5) is 5.69 Å². The summed E-state index contributed by atoms with van der Waals surface area (Å²) in [7, 11) is 0. The fourth-order valence-corrected chi connectivity index (χ4v) is 1.27. The number of para-hydroxylation sites is 2. The molecule has 0 aromatic heterocycles. The molecule has 0 spiro atoms.